The van der Waals surface area contributed by atoms with Gasteiger partial charge in [-0.2, -0.15) is 0 Å². The maximum absolute atomic E-state index is 12.4. The van der Waals surface area contributed by atoms with Crippen molar-refractivity contribution in [2.45, 2.75) is 77.7 Å². The highest BCUT2D eigenvalue weighted by molar-refractivity contribution is 6.28. The minimum atomic E-state index is -0.0642. The molecule has 4 saturated carbocycles. The molecule has 8 unspecified atom stereocenters. The Morgan fingerprint density at radius 1 is 1.00 bits per heavy atom. The third kappa shape index (κ3) is 2.35. The van der Waals surface area contributed by atoms with Crippen LogP contribution in [0.25, 0.3) is 0 Å². The number of halogens is 1. The molecule has 0 aromatic rings. The summed E-state index contributed by atoms with van der Waals surface area (Å²) in [6, 6.07) is 0. The molecular weight excluding hydrogens is 320 g/mol. The third-order valence-corrected chi connectivity index (χ3v) is 9.42. The highest BCUT2D eigenvalue weighted by atomic mass is 35.5. The van der Waals surface area contributed by atoms with Crippen LogP contribution in [0.3, 0.4) is 0 Å². The van der Waals surface area contributed by atoms with E-state index >= 15 is 0 Å². The Morgan fingerprint density at radius 2 is 1.71 bits per heavy atom. The second-order valence-electron chi connectivity index (χ2n) is 9.86. The molecule has 0 radical (unpaired) electrons. The van der Waals surface area contributed by atoms with E-state index in [-0.39, 0.29) is 23.3 Å². The van der Waals surface area contributed by atoms with Gasteiger partial charge in [-0.15, -0.1) is 11.6 Å². The summed E-state index contributed by atoms with van der Waals surface area (Å²) in [4.78, 5) is 12.4. The monoisotopic (exact) mass is 352 g/mol. The third-order valence-electron chi connectivity index (χ3n) is 9.16. The predicted molar refractivity (Wildman–Crippen MR) is 97.0 cm³/mol. The van der Waals surface area contributed by atoms with Gasteiger partial charge < -0.3 is 5.11 Å². The molecule has 1 N–H and O–H groups in total. The minimum Gasteiger partial charge on any atom is -0.393 e. The smallest absolute Gasteiger partial charge is 0.151 e. The number of ketones is 1. The molecule has 4 fully saturated rings. The summed E-state index contributed by atoms with van der Waals surface area (Å²) >= 11 is 5.92. The lowest BCUT2D eigenvalue weighted by Crippen LogP contribution is -2.54. The van der Waals surface area contributed by atoms with Crippen molar-refractivity contribution in [2.75, 3.05) is 5.88 Å². The number of carbonyl (C=O) groups is 1. The fraction of sp³-hybridized carbons (Fsp3) is 0.952. The van der Waals surface area contributed by atoms with Gasteiger partial charge in [-0.25, -0.2) is 0 Å². The van der Waals surface area contributed by atoms with Crippen molar-refractivity contribution in [3.05, 3.63) is 0 Å². The topological polar surface area (TPSA) is 37.3 Å². The second kappa shape index (κ2) is 5.98. The SMILES string of the molecule is CC12CCC(O)CC1CCC1C2CCC2(C)C(C(=O)CCl)CCC12. The Hall–Kier alpha value is -0.0800. The molecule has 4 rings (SSSR count). The van der Waals surface area contributed by atoms with Gasteiger partial charge in [0.15, 0.2) is 5.78 Å². The molecule has 0 heterocycles. The number of rotatable bonds is 2. The van der Waals surface area contributed by atoms with Gasteiger partial charge in [0.2, 0.25) is 0 Å². The number of fused-ring (bicyclic) bond motifs is 5. The molecular formula is C21H33ClO2. The molecule has 0 amide bonds. The quantitative estimate of drug-likeness (QED) is 0.724. The molecule has 0 aliphatic heterocycles. The zero-order valence-electron chi connectivity index (χ0n) is 15.3. The largest absolute Gasteiger partial charge is 0.393 e. The van der Waals surface area contributed by atoms with Crippen LogP contribution in [0, 0.1) is 40.4 Å². The average Bonchev–Trinajstić information content (AvgIpc) is 2.92. The molecule has 2 nitrogen and oxygen atoms in total. The fourth-order valence-electron chi connectivity index (χ4n) is 7.86. The maximum atomic E-state index is 12.4. The van der Waals surface area contributed by atoms with Crippen molar-refractivity contribution in [2.24, 2.45) is 40.4 Å². The summed E-state index contributed by atoms with van der Waals surface area (Å²) in [5.74, 6) is 3.74. The lowest BCUT2D eigenvalue weighted by Gasteiger charge is -2.60. The Morgan fingerprint density at radius 3 is 2.46 bits per heavy atom. The Labute approximate surface area is 151 Å². The van der Waals surface area contributed by atoms with Crippen LogP contribution in [0.1, 0.15) is 71.6 Å². The molecule has 3 heteroatoms. The highest BCUT2D eigenvalue weighted by Gasteiger charge is 2.60. The molecule has 4 aliphatic carbocycles. The van der Waals surface area contributed by atoms with Gasteiger partial charge in [-0.3, -0.25) is 4.79 Å². The standard InChI is InChI=1S/C21H33ClO2/c1-20-9-7-14(23)11-13(20)3-4-15-16-5-6-18(19(24)12-22)21(16,2)10-8-17(15)20/h13-18,23H,3-12H2,1-2H3. The summed E-state index contributed by atoms with van der Waals surface area (Å²) in [6.45, 7) is 4.93. The van der Waals surface area contributed by atoms with Crippen LogP contribution in [-0.2, 0) is 4.79 Å². The number of carbonyl (C=O) groups excluding carboxylic acids is 1. The van der Waals surface area contributed by atoms with E-state index in [9.17, 15) is 9.90 Å². The molecule has 4 aliphatic rings. The van der Waals surface area contributed by atoms with Gasteiger partial charge in [0.1, 0.15) is 0 Å². The Kier molecular flexibility index (Phi) is 4.32. The summed E-state index contributed by atoms with van der Waals surface area (Å²) < 4.78 is 0. The molecule has 0 spiro atoms. The first-order valence-corrected chi connectivity index (χ1v) is 10.7. The van der Waals surface area contributed by atoms with E-state index in [0.717, 1.165) is 37.0 Å². The normalized spacial score (nSPS) is 53.8. The Balaban J connectivity index is 1.60. The lowest BCUT2D eigenvalue weighted by atomic mass is 9.44. The van der Waals surface area contributed by atoms with E-state index in [1.165, 1.54) is 38.5 Å². The van der Waals surface area contributed by atoms with Crippen LogP contribution in [0.5, 0.6) is 0 Å². The van der Waals surface area contributed by atoms with Crippen LogP contribution in [0.4, 0.5) is 0 Å². The van der Waals surface area contributed by atoms with Gasteiger partial charge >= 0.3 is 0 Å². The van der Waals surface area contributed by atoms with Crippen molar-refractivity contribution < 1.29 is 9.90 Å². The average molecular weight is 353 g/mol. The molecule has 0 saturated heterocycles. The predicted octanol–water partition coefficient (Wildman–Crippen LogP) is 4.81. The van der Waals surface area contributed by atoms with Gasteiger partial charge in [0.25, 0.3) is 0 Å². The molecule has 0 aromatic heterocycles. The summed E-state index contributed by atoms with van der Waals surface area (Å²) in [7, 11) is 0. The first-order chi connectivity index (χ1) is 11.4. The maximum Gasteiger partial charge on any atom is 0.151 e. The molecule has 136 valence electrons. The number of Topliss-reactive ketones (excluding diaryl/α,β-unsaturated/α-hetero) is 1. The van der Waals surface area contributed by atoms with Crippen LogP contribution < -0.4 is 0 Å². The van der Waals surface area contributed by atoms with Crippen LogP contribution in [-0.4, -0.2) is 22.9 Å². The van der Waals surface area contributed by atoms with E-state index in [0.29, 0.717) is 17.1 Å². The number of alkyl halides is 1. The van der Waals surface area contributed by atoms with Crippen LogP contribution >= 0.6 is 11.6 Å². The molecule has 24 heavy (non-hydrogen) atoms. The first kappa shape index (κ1) is 17.3. The molecule has 8 atom stereocenters. The zero-order valence-corrected chi connectivity index (χ0v) is 16.0. The van der Waals surface area contributed by atoms with E-state index in [2.05, 4.69) is 13.8 Å². The van der Waals surface area contributed by atoms with E-state index < -0.39 is 0 Å². The van der Waals surface area contributed by atoms with Crippen molar-refractivity contribution in [3.8, 4) is 0 Å². The van der Waals surface area contributed by atoms with Crippen LogP contribution in [0.2, 0.25) is 0 Å². The molecule has 0 aromatic carbocycles. The number of hydrogen-bond donors (Lipinski definition) is 1. The van der Waals surface area contributed by atoms with E-state index in [1.807, 2.05) is 0 Å². The van der Waals surface area contributed by atoms with E-state index in [1.54, 1.807) is 0 Å². The van der Waals surface area contributed by atoms with Crippen molar-refractivity contribution in [1.29, 1.82) is 0 Å². The van der Waals surface area contributed by atoms with Crippen LogP contribution in [0.15, 0.2) is 0 Å². The lowest BCUT2D eigenvalue weighted by molar-refractivity contribution is -0.138. The van der Waals surface area contributed by atoms with Gasteiger partial charge in [0.05, 0.1) is 12.0 Å². The van der Waals surface area contributed by atoms with Crippen molar-refractivity contribution >= 4 is 17.4 Å². The number of aliphatic hydroxyl groups is 1. The fourth-order valence-corrected chi connectivity index (χ4v) is 8.04. The van der Waals surface area contributed by atoms with Gasteiger partial charge in [-0.1, -0.05) is 13.8 Å². The van der Waals surface area contributed by atoms with Crippen molar-refractivity contribution in [3.63, 3.8) is 0 Å². The number of aliphatic hydroxyl groups excluding tert-OH is 1. The molecule has 0 bridgehead atoms. The highest BCUT2D eigenvalue weighted by Crippen LogP contribution is 2.67. The van der Waals surface area contributed by atoms with Gasteiger partial charge in [-0.05, 0) is 92.3 Å². The Bertz CT molecular complexity index is 520. The summed E-state index contributed by atoms with van der Waals surface area (Å²) in [6.07, 6.45) is 10.5. The zero-order chi connectivity index (χ0) is 17.1. The van der Waals surface area contributed by atoms with Gasteiger partial charge in [0, 0.05) is 5.92 Å². The van der Waals surface area contributed by atoms with E-state index in [4.69, 9.17) is 11.6 Å². The number of hydrogen-bond acceptors (Lipinski definition) is 2. The summed E-state index contributed by atoms with van der Waals surface area (Å²) in [5.41, 5.74) is 0.628. The first-order valence-electron chi connectivity index (χ1n) is 10.2. The van der Waals surface area contributed by atoms with Crippen molar-refractivity contribution in [1.82, 2.24) is 0 Å². The second-order valence-corrected chi connectivity index (χ2v) is 10.1. The minimum absolute atomic E-state index is 0.0642. The summed E-state index contributed by atoms with van der Waals surface area (Å²) in [5, 5.41) is 10.1.